The van der Waals surface area contributed by atoms with Crippen molar-refractivity contribution in [2.45, 2.75) is 55.3 Å². The van der Waals surface area contributed by atoms with E-state index in [2.05, 4.69) is 0 Å². The van der Waals surface area contributed by atoms with E-state index < -0.39 is 90.8 Å². The van der Waals surface area contributed by atoms with Crippen molar-refractivity contribution in [3.05, 3.63) is 46.6 Å². The van der Waals surface area contributed by atoms with E-state index in [0.29, 0.717) is 0 Å². The molecular formula is C26H28O15. The van der Waals surface area contributed by atoms with Gasteiger partial charge in [0.2, 0.25) is 23.8 Å². The Balaban J connectivity index is 1.57. The molecule has 15 nitrogen and oxygen atoms in total. The molecule has 0 amide bonds. The largest absolute Gasteiger partial charge is 0.508 e. The van der Waals surface area contributed by atoms with Gasteiger partial charge in [-0.1, -0.05) is 0 Å². The first-order chi connectivity index (χ1) is 19.5. The van der Waals surface area contributed by atoms with Crippen LogP contribution in [0.3, 0.4) is 0 Å². The Kier molecular flexibility index (Phi) is 8.06. The van der Waals surface area contributed by atoms with E-state index in [-0.39, 0.29) is 28.4 Å². The molecule has 2 fully saturated rings. The van der Waals surface area contributed by atoms with Crippen molar-refractivity contribution < 1.29 is 69.3 Å². The first-order valence-electron chi connectivity index (χ1n) is 12.4. The molecule has 15 heteroatoms. The summed E-state index contributed by atoms with van der Waals surface area (Å²) in [6.45, 7) is -1.11. The van der Waals surface area contributed by atoms with Crippen LogP contribution in [0, 0.1) is 0 Å². The smallest absolute Gasteiger partial charge is 0.239 e. The van der Waals surface area contributed by atoms with Crippen molar-refractivity contribution in [2.24, 2.45) is 0 Å². The molecule has 222 valence electrons. The molecule has 9 atom stereocenters. The Bertz CT molecular complexity index is 1440. The molecule has 3 aromatic rings. The molecule has 5 rings (SSSR count). The molecule has 0 spiro atoms. The summed E-state index contributed by atoms with van der Waals surface area (Å²) in [6, 6.07) is 7.51. The van der Waals surface area contributed by atoms with Gasteiger partial charge in [-0.2, -0.15) is 0 Å². The van der Waals surface area contributed by atoms with E-state index in [1.807, 2.05) is 0 Å². The highest BCUT2D eigenvalue weighted by molar-refractivity contribution is 5.88. The Morgan fingerprint density at radius 1 is 0.829 bits per heavy atom. The second kappa shape index (κ2) is 11.4. The lowest BCUT2D eigenvalue weighted by molar-refractivity contribution is -0.277. The monoisotopic (exact) mass is 580 g/mol. The zero-order valence-electron chi connectivity index (χ0n) is 21.0. The topological polar surface area (TPSA) is 249 Å². The van der Waals surface area contributed by atoms with Crippen molar-refractivity contribution in [2.75, 3.05) is 13.2 Å². The van der Waals surface area contributed by atoms with Crippen LogP contribution in [0.4, 0.5) is 0 Å². The summed E-state index contributed by atoms with van der Waals surface area (Å²) < 4.78 is 27.7. The quantitative estimate of drug-likeness (QED) is 0.151. The summed E-state index contributed by atoms with van der Waals surface area (Å²) in [7, 11) is 0. The molecule has 3 heterocycles. The maximum Gasteiger partial charge on any atom is 0.239 e. The lowest BCUT2D eigenvalue weighted by Gasteiger charge is -2.39. The minimum atomic E-state index is -1.76. The van der Waals surface area contributed by atoms with Gasteiger partial charge in [-0.05, 0) is 24.3 Å². The highest BCUT2D eigenvalue weighted by Gasteiger charge is 2.45. The number of aliphatic hydroxyl groups is 7. The van der Waals surface area contributed by atoms with Crippen molar-refractivity contribution in [1.29, 1.82) is 0 Å². The minimum absolute atomic E-state index is 0.102. The summed E-state index contributed by atoms with van der Waals surface area (Å²) in [5.41, 5.74) is -0.962. The fourth-order valence-electron chi connectivity index (χ4n) is 4.53. The maximum atomic E-state index is 13.6. The summed E-state index contributed by atoms with van der Waals surface area (Å²) in [5, 5.41) is 89.9. The molecule has 1 aromatic heterocycles. The Morgan fingerprint density at radius 3 is 2.20 bits per heavy atom. The van der Waals surface area contributed by atoms with Crippen molar-refractivity contribution in [1.82, 2.24) is 0 Å². The zero-order chi connectivity index (χ0) is 29.6. The third-order valence-corrected chi connectivity index (χ3v) is 6.82. The van der Waals surface area contributed by atoms with Gasteiger partial charge in [-0.3, -0.25) is 4.79 Å². The number of rotatable bonds is 6. The number of hydrogen-bond acceptors (Lipinski definition) is 15. The fourth-order valence-corrected chi connectivity index (χ4v) is 4.53. The van der Waals surface area contributed by atoms with Crippen LogP contribution in [0.15, 0.2) is 45.6 Å². The molecule has 0 saturated carbocycles. The average Bonchev–Trinajstić information content (AvgIpc) is 2.95. The number of aromatic hydroxyl groups is 2. The third-order valence-electron chi connectivity index (χ3n) is 6.82. The van der Waals surface area contributed by atoms with Gasteiger partial charge < -0.3 is 69.3 Å². The van der Waals surface area contributed by atoms with E-state index in [4.69, 9.17) is 23.4 Å². The molecule has 0 bridgehead atoms. The molecule has 0 radical (unpaired) electrons. The van der Waals surface area contributed by atoms with E-state index in [1.165, 1.54) is 24.3 Å². The first-order valence-corrected chi connectivity index (χ1v) is 12.4. The Morgan fingerprint density at radius 2 is 1.51 bits per heavy atom. The number of phenols is 2. The SMILES string of the molecule is O=c1c(O[C@@H]2OC[C@@H](O)[C@H](O)[C@H]2O)c(-c2ccc(O)cc2)oc2cc(O[C@@H]3O[C@H](CO)[C@@H](O)[C@H](O)[C@H]3O)cc(O)c12. The van der Waals surface area contributed by atoms with Crippen LogP contribution in [-0.4, -0.2) is 114 Å². The van der Waals surface area contributed by atoms with Gasteiger partial charge in [-0.15, -0.1) is 0 Å². The van der Waals surface area contributed by atoms with Crippen LogP contribution in [0.1, 0.15) is 0 Å². The van der Waals surface area contributed by atoms with E-state index in [0.717, 1.165) is 12.1 Å². The number of ether oxygens (including phenoxy) is 4. The van der Waals surface area contributed by atoms with Crippen LogP contribution >= 0.6 is 0 Å². The highest BCUT2D eigenvalue weighted by Crippen LogP contribution is 2.38. The van der Waals surface area contributed by atoms with Crippen LogP contribution in [0.2, 0.25) is 0 Å². The predicted molar refractivity (Wildman–Crippen MR) is 134 cm³/mol. The third kappa shape index (κ3) is 5.42. The van der Waals surface area contributed by atoms with Gasteiger partial charge in [0, 0.05) is 17.7 Å². The normalized spacial score (nSPS) is 32.1. The van der Waals surface area contributed by atoms with Gasteiger partial charge in [-0.25, -0.2) is 0 Å². The van der Waals surface area contributed by atoms with Crippen molar-refractivity contribution in [3.63, 3.8) is 0 Å². The average molecular weight is 580 g/mol. The molecule has 0 unspecified atom stereocenters. The number of aliphatic hydroxyl groups excluding tert-OH is 7. The number of benzene rings is 2. The number of hydrogen-bond donors (Lipinski definition) is 9. The Hall–Kier alpha value is -3.51. The lowest BCUT2D eigenvalue weighted by Crippen LogP contribution is -2.60. The summed E-state index contributed by atoms with van der Waals surface area (Å²) in [6.07, 6.45) is -14.4. The van der Waals surface area contributed by atoms with Crippen LogP contribution in [0.5, 0.6) is 23.0 Å². The fraction of sp³-hybridized carbons (Fsp3) is 0.423. The first kappa shape index (κ1) is 29.0. The maximum absolute atomic E-state index is 13.6. The molecule has 41 heavy (non-hydrogen) atoms. The van der Waals surface area contributed by atoms with E-state index in [1.54, 1.807) is 0 Å². The van der Waals surface area contributed by atoms with E-state index in [9.17, 15) is 50.8 Å². The molecule has 2 aliphatic heterocycles. The van der Waals surface area contributed by atoms with Crippen LogP contribution < -0.4 is 14.9 Å². The van der Waals surface area contributed by atoms with Gasteiger partial charge in [0.25, 0.3) is 0 Å². The molecular weight excluding hydrogens is 552 g/mol. The van der Waals surface area contributed by atoms with Crippen LogP contribution in [-0.2, 0) is 9.47 Å². The molecule has 2 aromatic carbocycles. The predicted octanol–water partition coefficient (Wildman–Crippen LogP) is -2.13. The summed E-state index contributed by atoms with van der Waals surface area (Å²) >= 11 is 0. The molecule has 9 N–H and O–H groups in total. The highest BCUT2D eigenvalue weighted by atomic mass is 16.7. The minimum Gasteiger partial charge on any atom is -0.508 e. The van der Waals surface area contributed by atoms with Gasteiger partial charge >= 0.3 is 0 Å². The standard InChI is InChI=1S/C26H28O15/c27-7-15-18(32)20(34)22(36)26(40-15)38-11-5-12(29)16-14(6-11)39-23(9-1-3-10(28)4-2-9)24(19(16)33)41-25-21(35)17(31)13(30)8-37-25/h1-6,13,15,17-18,20-22,25-32,34-36H,7-8H2/t13-,15-,17+,18-,20+,21-,22-,25+,26-/m1/s1. The molecule has 0 aliphatic carbocycles. The summed E-state index contributed by atoms with van der Waals surface area (Å²) in [5.74, 6) is -1.73. The van der Waals surface area contributed by atoms with Gasteiger partial charge in [0.1, 0.15) is 70.9 Å². The van der Waals surface area contributed by atoms with Gasteiger partial charge in [0.05, 0.1) is 13.2 Å². The zero-order valence-corrected chi connectivity index (χ0v) is 21.0. The van der Waals surface area contributed by atoms with Crippen LogP contribution in [0.25, 0.3) is 22.3 Å². The summed E-state index contributed by atoms with van der Waals surface area (Å²) in [4.78, 5) is 13.6. The molecule has 2 saturated heterocycles. The van der Waals surface area contributed by atoms with Gasteiger partial charge in [0.15, 0.2) is 5.76 Å². The van der Waals surface area contributed by atoms with Crippen molar-refractivity contribution in [3.8, 4) is 34.3 Å². The van der Waals surface area contributed by atoms with E-state index >= 15 is 0 Å². The second-order valence-electron chi connectivity index (χ2n) is 9.64. The Labute approximate surface area is 230 Å². The lowest BCUT2D eigenvalue weighted by atomic mass is 9.99. The number of fused-ring (bicyclic) bond motifs is 1. The second-order valence-corrected chi connectivity index (χ2v) is 9.64. The van der Waals surface area contributed by atoms with Crippen molar-refractivity contribution >= 4 is 11.0 Å². The number of phenolic OH excluding ortho intramolecular Hbond substituents is 2. The molecule has 2 aliphatic rings.